The molecule has 1 N–H and O–H groups in total. The van der Waals surface area contributed by atoms with E-state index in [9.17, 15) is 8.42 Å². The minimum Gasteiger partial charge on any atom is -0.345 e. The Balaban J connectivity index is 1.67. The lowest BCUT2D eigenvalue weighted by molar-refractivity contribution is 0.600. The minimum absolute atomic E-state index is 0.195. The van der Waals surface area contributed by atoms with Gasteiger partial charge < -0.3 is 4.57 Å². The highest BCUT2D eigenvalue weighted by Crippen LogP contribution is 2.33. The average molecular weight is 435 g/mol. The number of hydrogen-bond acceptors (Lipinski definition) is 5. The van der Waals surface area contributed by atoms with Crippen molar-refractivity contribution in [3.05, 3.63) is 77.3 Å². The van der Waals surface area contributed by atoms with Crippen LogP contribution in [0.4, 0.5) is 5.69 Å². The Morgan fingerprint density at radius 1 is 1.10 bits per heavy atom. The summed E-state index contributed by atoms with van der Waals surface area (Å²) in [7, 11) is -1.97. The molecule has 30 heavy (non-hydrogen) atoms. The van der Waals surface area contributed by atoms with Crippen molar-refractivity contribution in [2.45, 2.75) is 11.8 Å². The Morgan fingerprint density at radius 2 is 1.80 bits per heavy atom. The highest BCUT2D eigenvalue weighted by Gasteiger charge is 2.23. The van der Waals surface area contributed by atoms with Crippen LogP contribution in [0.1, 0.15) is 11.3 Å². The number of hydrogen-bond donors (Lipinski definition) is 1. The predicted octanol–water partition coefficient (Wildman–Crippen LogP) is 4.80. The molecule has 0 atom stereocenters. The van der Waals surface area contributed by atoms with E-state index in [1.165, 1.54) is 11.3 Å². The molecule has 0 bridgehead atoms. The molecule has 0 aliphatic rings. The Kier molecular flexibility index (Phi) is 5.16. The molecule has 4 aromatic rings. The van der Waals surface area contributed by atoms with E-state index in [4.69, 9.17) is 10.2 Å². The van der Waals surface area contributed by atoms with Gasteiger partial charge in [-0.25, -0.2) is 13.4 Å². The number of rotatable bonds is 5. The lowest BCUT2D eigenvalue weighted by Gasteiger charge is -2.08. The highest BCUT2D eigenvalue weighted by atomic mass is 32.2. The third kappa shape index (κ3) is 3.73. The van der Waals surface area contributed by atoms with E-state index in [1.807, 2.05) is 53.4 Å². The van der Waals surface area contributed by atoms with Crippen LogP contribution in [0.5, 0.6) is 0 Å². The molecule has 0 unspecified atom stereocenters. The van der Waals surface area contributed by atoms with E-state index in [0.29, 0.717) is 16.9 Å². The van der Waals surface area contributed by atoms with Crippen LogP contribution in [0.3, 0.4) is 0 Å². The summed E-state index contributed by atoms with van der Waals surface area (Å²) in [5.41, 5.74) is 4.09. The van der Waals surface area contributed by atoms with E-state index in [1.54, 1.807) is 37.3 Å². The standard InChI is InChI=1S/C22H18N4O2S2/c1-15-21(30(27,28)25-18-10-8-16(13-23)9-11-18)12-20(26(15)2)22-24-19(14-29-22)17-6-4-3-5-7-17/h3-12,14,25H,1-2H3. The van der Waals surface area contributed by atoms with Gasteiger partial charge in [0, 0.05) is 29.4 Å². The summed E-state index contributed by atoms with van der Waals surface area (Å²) in [6.07, 6.45) is 0. The van der Waals surface area contributed by atoms with E-state index in [2.05, 4.69) is 4.72 Å². The second kappa shape index (κ2) is 7.78. The molecule has 0 aliphatic heterocycles. The molecule has 0 spiro atoms. The summed E-state index contributed by atoms with van der Waals surface area (Å²) in [5, 5.41) is 11.6. The summed E-state index contributed by atoms with van der Waals surface area (Å²) in [4.78, 5) is 4.90. The lowest BCUT2D eigenvalue weighted by atomic mass is 10.2. The molecular formula is C22H18N4O2S2. The number of aromatic nitrogens is 2. The first-order valence-electron chi connectivity index (χ1n) is 9.09. The average Bonchev–Trinajstić information content (AvgIpc) is 3.35. The van der Waals surface area contributed by atoms with Crippen LogP contribution in [0.25, 0.3) is 22.0 Å². The lowest BCUT2D eigenvalue weighted by Crippen LogP contribution is -2.13. The van der Waals surface area contributed by atoms with Crippen molar-refractivity contribution in [3.8, 4) is 28.0 Å². The summed E-state index contributed by atoms with van der Waals surface area (Å²) in [6, 6.07) is 19.8. The van der Waals surface area contributed by atoms with Crippen LogP contribution in [-0.4, -0.2) is 18.0 Å². The minimum atomic E-state index is -3.80. The fraction of sp³-hybridized carbons (Fsp3) is 0.0909. The fourth-order valence-electron chi connectivity index (χ4n) is 3.10. The van der Waals surface area contributed by atoms with Crippen LogP contribution in [0.15, 0.2) is 70.9 Å². The fourth-order valence-corrected chi connectivity index (χ4v) is 5.33. The molecule has 0 amide bonds. The second-order valence-electron chi connectivity index (χ2n) is 6.74. The highest BCUT2D eigenvalue weighted by molar-refractivity contribution is 7.92. The van der Waals surface area contributed by atoms with Gasteiger partial charge in [0.1, 0.15) is 9.90 Å². The number of thiazole rings is 1. The predicted molar refractivity (Wildman–Crippen MR) is 119 cm³/mol. The third-order valence-electron chi connectivity index (χ3n) is 4.84. The first kappa shape index (κ1) is 19.9. The summed E-state index contributed by atoms with van der Waals surface area (Å²) in [5.74, 6) is 0. The number of anilines is 1. The Bertz CT molecular complexity index is 1350. The number of sulfonamides is 1. The van der Waals surface area contributed by atoms with Crippen molar-refractivity contribution in [2.24, 2.45) is 7.05 Å². The van der Waals surface area contributed by atoms with Gasteiger partial charge in [-0.3, -0.25) is 4.72 Å². The maximum absolute atomic E-state index is 13.0. The van der Waals surface area contributed by atoms with Gasteiger partial charge in [-0.05, 0) is 37.3 Å². The quantitative estimate of drug-likeness (QED) is 0.489. The molecule has 2 aromatic heterocycles. The van der Waals surface area contributed by atoms with E-state index in [-0.39, 0.29) is 4.90 Å². The Morgan fingerprint density at radius 3 is 2.47 bits per heavy atom. The van der Waals surface area contributed by atoms with Crippen LogP contribution < -0.4 is 4.72 Å². The number of nitrogens with zero attached hydrogens (tertiary/aromatic N) is 3. The number of nitrogens with one attached hydrogen (secondary N) is 1. The van der Waals surface area contributed by atoms with Crippen molar-refractivity contribution >= 4 is 27.0 Å². The Labute approximate surface area is 179 Å². The summed E-state index contributed by atoms with van der Waals surface area (Å²) in [6.45, 7) is 1.77. The van der Waals surface area contributed by atoms with E-state index < -0.39 is 10.0 Å². The number of nitriles is 1. The van der Waals surface area contributed by atoms with Gasteiger partial charge in [-0.15, -0.1) is 11.3 Å². The monoisotopic (exact) mass is 434 g/mol. The molecule has 8 heteroatoms. The zero-order valence-corrected chi connectivity index (χ0v) is 18.0. The molecular weight excluding hydrogens is 416 g/mol. The van der Waals surface area contributed by atoms with Crippen molar-refractivity contribution in [1.29, 1.82) is 5.26 Å². The van der Waals surface area contributed by atoms with E-state index in [0.717, 1.165) is 22.0 Å². The van der Waals surface area contributed by atoms with Gasteiger partial charge in [0.15, 0.2) is 0 Å². The zero-order valence-electron chi connectivity index (χ0n) is 16.3. The molecule has 2 aromatic carbocycles. The van der Waals surface area contributed by atoms with E-state index >= 15 is 0 Å². The van der Waals surface area contributed by atoms with Gasteiger partial charge in [0.2, 0.25) is 0 Å². The van der Waals surface area contributed by atoms with Gasteiger partial charge in [-0.2, -0.15) is 5.26 Å². The Hall–Kier alpha value is -3.41. The summed E-state index contributed by atoms with van der Waals surface area (Å²) >= 11 is 1.47. The zero-order chi connectivity index (χ0) is 21.3. The molecule has 2 heterocycles. The maximum Gasteiger partial charge on any atom is 0.263 e. The third-order valence-corrected chi connectivity index (χ3v) is 7.20. The SMILES string of the molecule is Cc1c(S(=O)(=O)Nc2ccc(C#N)cc2)cc(-c2nc(-c3ccccc3)cs2)n1C. The second-order valence-corrected chi connectivity index (χ2v) is 9.25. The van der Waals surface area contributed by atoms with Crippen molar-refractivity contribution in [1.82, 2.24) is 9.55 Å². The summed E-state index contributed by atoms with van der Waals surface area (Å²) < 4.78 is 30.4. The smallest absolute Gasteiger partial charge is 0.263 e. The number of benzene rings is 2. The molecule has 0 radical (unpaired) electrons. The molecule has 150 valence electrons. The first-order valence-corrected chi connectivity index (χ1v) is 11.5. The van der Waals surface area contributed by atoms with Crippen molar-refractivity contribution in [3.63, 3.8) is 0 Å². The molecule has 0 aliphatic carbocycles. The molecule has 6 nitrogen and oxygen atoms in total. The van der Waals surface area contributed by atoms with Gasteiger partial charge >= 0.3 is 0 Å². The maximum atomic E-state index is 13.0. The van der Waals surface area contributed by atoms with Gasteiger partial charge in [0.25, 0.3) is 10.0 Å². The normalized spacial score (nSPS) is 11.2. The largest absolute Gasteiger partial charge is 0.345 e. The van der Waals surface area contributed by atoms with Crippen LogP contribution in [-0.2, 0) is 17.1 Å². The van der Waals surface area contributed by atoms with Crippen LogP contribution >= 0.6 is 11.3 Å². The molecule has 0 fully saturated rings. The molecule has 4 rings (SSSR count). The topological polar surface area (TPSA) is 87.8 Å². The van der Waals surface area contributed by atoms with Crippen molar-refractivity contribution < 1.29 is 8.42 Å². The molecule has 0 saturated carbocycles. The van der Waals surface area contributed by atoms with Gasteiger partial charge in [0.05, 0.1) is 23.0 Å². The first-order chi connectivity index (χ1) is 14.4. The molecule has 0 saturated heterocycles. The van der Waals surface area contributed by atoms with Crippen molar-refractivity contribution in [2.75, 3.05) is 4.72 Å². The van der Waals surface area contributed by atoms with Crippen LogP contribution in [0, 0.1) is 18.3 Å². The van der Waals surface area contributed by atoms with Crippen LogP contribution in [0.2, 0.25) is 0 Å². The van der Waals surface area contributed by atoms with Gasteiger partial charge in [-0.1, -0.05) is 30.3 Å².